The van der Waals surface area contributed by atoms with E-state index in [0.29, 0.717) is 0 Å². The van der Waals surface area contributed by atoms with Gasteiger partial charge in [0.1, 0.15) is 5.65 Å². The molecule has 66 valence electrons. The van der Waals surface area contributed by atoms with Gasteiger partial charge in [-0.25, -0.2) is 4.98 Å². The maximum Gasteiger partial charge on any atom is 0.138 e. The van der Waals surface area contributed by atoms with E-state index in [-0.39, 0.29) is 0 Å². The van der Waals surface area contributed by atoms with Gasteiger partial charge in [-0.1, -0.05) is 6.58 Å². The Kier molecular flexibility index (Phi) is 1.69. The molecule has 0 aliphatic carbocycles. The summed E-state index contributed by atoms with van der Waals surface area (Å²) in [6.07, 6.45) is 1.96. The van der Waals surface area contributed by atoms with E-state index in [2.05, 4.69) is 22.6 Å². The normalized spacial score (nSPS) is 10.6. The number of rotatable bonds is 1. The number of aryl methyl sites for hydroxylation is 1. The number of aromatic nitrogens is 2. The molecular formula is C11H12N2. The van der Waals surface area contributed by atoms with Gasteiger partial charge in [0.15, 0.2) is 0 Å². The maximum absolute atomic E-state index is 4.38. The SMILES string of the molecule is C=C(C)c1c[nH]c2nc(C)ccc12. The van der Waals surface area contributed by atoms with Crippen LogP contribution in [0.3, 0.4) is 0 Å². The topological polar surface area (TPSA) is 28.7 Å². The van der Waals surface area contributed by atoms with E-state index in [1.807, 2.05) is 26.1 Å². The van der Waals surface area contributed by atoms with Gasteiger partial charge in [0.05, 0.1) is 0 Å². The molecule has 2 rings (SSSR count). The first-order chi connectivity index (χ1) is 6.18. The van der Waals surface area contributed by atoms with E-state index in [1.165, 1.54) is 0 Å². The highest BCUT2D eigenvalue weighted by Gasteiger charge is 2.04. The van der Waals surface area contributed by atoms with Crippen molar-refractivity contribution in [1.82, 2.24) is 9.97 Å². The summed E-state index contributed by atoms with van der Waals surface area (Å²) in [5.41, 5.74) is 4.19. The van der Waals surface area contributed by atoms with Crippen molar-refractivity contribution in [2.45, 2.75) is 13.8 Å². The van der Waals surface area contributed by atoms with Crippen LogP contribution < -0.4 is 0 Å². The molecule has 2 aromatic rings. The Morgan fingerprint density at radius 1 is 1.46 bits per heavy atom. The Balaban J connectivity index is 2.76. The van der Waals surface area contributed by atoms with Gasteiger partial charge in [-0.05, 0) is 31.6 Å². The zero-order valence-electron chi connectivity index (χ0n) is 7.89. The second-order valence-corrected chi connectivity index (χ2v) is 3.33. The molecule has 0 saturated carbocycles. The third kappa shape index (κ3) is 1.24. The number of hydrogen-bond donors (Lipinski definition) is 1. The summed E-state index contributed by atoms with van der Waals surface area (Å²) in [6.45, 7) is 7.91. The van der Waals surface area contributed by atoms with Crippen LogP contribution in [0.15, 0.2) is 24.9 Å². The molecule has 13 heavy (non-hydrogen) atoms. The lowest BCUT2D eigenvalue weighted by Gasteiger charge is -1.96. The number of fused-ring (bicyclic) bond motifs is 1. The van der Waals surface area contributed by atoms with Crippen molar-refractivity contribution in [2.24, 2.45) is 0 Å². The van der Waals surface area contributed by atoms with E-state index < -0.39 is 0 Å². The van der Waals surface area contributed by atoms with Crippen LogP contribution in [-0.4, -0.2) is 9.97 Å². The highest BCUT2D eigenvalue weighted by Crippen LogP contribution is 2.22. The highest BCUT2D eigenvalue weighted by molar-refractivity contribution is 5.89. The van der Waals surface area contributed by atoms with Crippen molar-refractivity contribution in [3.63, 3.8) is 0 Å². The first kappa shape index (κ1) is 8.05. The molecule has 0 aliphatic rings. The van der Waals surface area contributed by atoms with Crippen LogP contribution in [0.1, 0.15) is 18.2 Å². The van der Waals surface area contributed by atoms with E-state index in [0.717, 1.165) is 27.9 Å². The van der Waals surface area contributed by atoms with Crippen LogP contribution in [0, 0.1) is 6.92 Å². The van der Waals surface area contributed by atoms with Crippen LogP contribution in [0.2, 0.25) is 0 Å². The third-order valence-electron chi connectivity index (χ3n) is 2.14. The van der Waals surface area contributed by atoms with Gasteiger partial charge in [0.2, 0.25) is 0 Å². The van der Waals surface area contributed by atoms with Gasteiger partial charge in [-0.2, -0.15) is 0 Å². The fourth-order valence-corrected chi connectivity index (χ4v) is 1.46. The lowest BCUT2D eigenvalue weighted by molar-refractivity contribution is 1.22. The van der Waals surface area contributed by atoms with Gasteiger partial charge in [0.25, 0.3) is 0 Å². The first-order valence-electron chi connectivity index (χ1n) is 4.29. The van der Waals surface area contributed by atoms with Crippen molar-refractivity contribution in [3.05, 3.63) is 36.2 Å². The Morgan fingerprint density at radius 3 is 2.92 bits per heavy atom. The van der Waals surface area contributed by atoms with Gasteiger partial charge in [0, 0.05) is 22.8 Å². The van der Waals surface area contributed by atoms with Crippen molar-refractivity contribution in [2.75, 3.05) is 0 Å². The van der Waals surface area contributed by atoms with Crippen LogP contribution >= 0.6 is 0 Å². The number of nitrogens with one attached hydrogen (secondary N) is 1. The van der Waals surface area contributed by atoms with Crippen molar-refractivity contribution < 1.29 is 0 Å². The number of aromatic amines is 1. The monoisotopic (exact) mass is 172 g/mol. The van der Waals surface area contributed by atoms with Gasteiger partial charge < -0.3 is 4.98 Å². The van der Waals surface area contributed by atoms with E-state index in [1.54, 1.807) is 0 Å². The predicted molar refractivity (Wildman–Crippen MR) is 55.5 cm³/mol. The second-order valence-electron chi connectivity index (χ2n) is 3.33. The summed E-state index contributed by atoms with van der Waals surface area (Å²) in [6, 6.07) is 4.10. The predicted octanol–water partition coefficient (Wildman–Crippen LogP) is 2.90. The minimum Gasteiger partial charge on any atom is -0.346 e. The molecule has 0 aliphatic heterocycles. The van der Waals surface area contributed by atoms with Crippen molar-refractivity contribution in [1.29, 1.82) is 0 Å². The highest BCUT2D eigenvalue weighted by atomic mass is 14.8. The molecule has 0 atom stereocenters. The lowest BCUT2D eigenvalue weighted by atomic mass is 10.1. The molecular weight excluding hydrogens is 160 g/mol. The molecule has 0 fully saturated rings. The fourth-order valence-electron chi connectivity index (χ4n) is 1.46. The zero-order chi connectivity index (χ0) is 9.42. The number of nitrogens with zero attached hydrogens (tertiary/aromatic N) is 1. The molecule has 0 aromatic carbocycles. The van der Waals surface area contributed by atoms with Crippen molar-refractivity contribution in [3.8, 4) is 0 Å². The zero-order valence-corrected chi connectivity index (χ0v) is 7.89. The van der Waals surface area contributed by atoms with Gasteiger partial charge in [-0.15, -0.1) is 0 Å². The largest absolute Gasteiger partial charge is 0.346 e. The fraction of sp³-hybridized carbons (Fsp3) is 0.182. The van der Waals surface area contributed by atoms with E-state index >= 15 is 0 Å². The average Bonchev–Trinajstić information content (AvgIpc) is 2.46. The van der Waals surface area contributed by atoms with Gasteiger partial charge >= 0.3 is 0 Å². The molecule has 2 nitrogen and oxygen atoms in total. The van der Waals surface area contributed by atoms with Crippen LogP contribution in [0.25, 0.3) is 16.6 Å². The van der Waals surface area contributed by atoms with E-state index in [9.17, 15) is 0 Å². The number of hydrogen-bond acceptors (Lipinski definition) is 1. The van der Waals surface area contributed by atoms with Crippen LogP contribution in [0.4, 0.5) is 0 Å². The number of allylic oxidation sites excluding steroid dienone is 1. The summed E-state index contributed by atoms with van der Waals surface area (Å²) in [7, 11) is 0. The molecule has 0 radical (unpaired) electrons. The van der Waals surface area contributed by atoms with Crippen molar-refractivity contribution >= 4 is 16.6 Å². The quantitative estimate of drug-likeness (QED) is 0.704. The van der Waals surface area contributed by atoms with E-state index in [4.69, 9.17) is 0 Å². The Bertz CT molecular complexity index is 466. The minimum absolute atomic E-state index is 0.943. The van der Waals surface area contributed by atoms with Crippen LogP contribution in [-0.2, 0) is 0 Å². The molecule has 0 bridgehead atoms. The minimum atomic E-state index is 0.943. The summed E-state index contributed by atoms with van der Waals surface area (Å²) < 4.78 is 0. The summed E-state index contributed by atoms with van der Waals surface area (Å²) in [4.78, 5) is 7.52. The molecule has 2 heterocycles. The standard InChI is InChI=1S/C11H12N2/c1-7(2)10-6-12-11-9(10)5-4-8(3)13-11/h4-6H,1H2,2-3H3,(H,12,13). The molecule has 0 saturated heterocycles. The molecule has 1 N–H and O–H groups in total. The Labute approximate surface area is 77.3 Å². The molecule has 2 heteroatoms. The number of H-pyrrole nitrogens is 1. The average molecular weight is 172 g/mol. The smallest absolute Gasteiger partial charge is 0.138 e. The Hall–Kier alpha value is -1.57. The summed E-state index contributed by atoms with van der Waals surface area (Å²) in [5, 5.41) is 1.15. The first-order valence-corrected chi connectivity index (χ1v) is 4.29. The third-order valence-corrected chi connectivity index (χ3v) is 2.14. The second kappa shape index (κ2) is 2.73. The maximum atomic E-state index is 4.38. The number of pyridine rings is 1. The molecule has 0 unspecified atom stereocenters. The molecule has 2 aromatic heterocycles. The Morgan fingerprint density at radius 2 is 2.23 bits per heavy atom. The molecule has 0 amide bonds. The van der Waals surface area contributed by atoms with Gasteiger partial charge in [-0.3, -0.25) is 0 Å². The van der Waals surface area contributed by atoms with Crippen LogP contribution in [0.5, 0.6) is 0 Å². The summed E-state index contributed by atoms with van der Waals surface area (Å²) in [5.74, 6) is 0. The summed E-state index contributed by atoms with van der Waals surface area (Å²) >= 11 is 0. The lowest BCUT2D eigenvalue weighted by Crippen LogP contribution is -1.81. The molecule has 0 spiro atoms.